The minimum atomic E-state index is -1.08. The summed E-state index contributed by atoms with van der Waals surface area (Å²) in [5.74, 6) is -1.08. The lowest BCUT2D eigenvalue weighted by Crippen LogP contribution is -2.57. The minimum Gasteiger partial charge on any atom is -0.480 e. The van der Waals surface area contributed by atoms with Crippen LogP contribution in [0.3, 0.4) is 0 Å². The molecule has 2 aliphatic rings. The van der Waals surface area contributed by atoms with Crippen LogP contribution in [0.2, 0.25) is 0 Å². The third-order valence-electron chi connectivity index (χ3n) is 3.58. The zero-order chi connectivity index (χ0) is 14.0. The largest absolute Gasteiger partial charge is 0.480 e. The lowest BCUT2D eigenvalue weighted by atomic mass is 10.2. The Morgan fingerprint density at radius 1 is 1.21 bits per heavy atom. The first-order chi connectivity index (χ1) is 8.97. The number of nitrogens with one attached hydrogen (secondary N) is 1. The van der Waals surface area contributed by atoms with E-state index in [0.29, 0.717) is 13.1 Å². The molecule has 2 atom stereocenters. The van der Waals surface area contributed by atoms with E-state index in [4.69, 9.17) is 5.11 Å². The van der Waals surface area contributed by atoms with Crippen molar-refractivity contribution in [1.82, 2.24) is 20.2 Å². The van der Waals surface area contributed by atoms with Crippen LogP contribution < -0.4 is 5.43 Å². The number of aliphatic hydroxyl groups excluding tert-OH is 1. The molecule has 19 heavy (non-hydrogen) atoms. The molecule has 2 saturated heterocycles. The maximum absolute atomic E-state index is 12.0. The van der Waals surface area contributed by atoms with Crippen LogP contribution in [0.5, 0.6) is 0 Å². The van der Waals surface area contributed by atoms with E-state index >= 15 is 0 Å². The molecule has 0 spiro atoms. The standard InChI is InChI=1S/C11H20N4O4/c1-13-2-4-14(5-3-13)12-11(19)15-7-8(16)6-9(15)10(17)18/h8-9,16H,2-7H2,1H3,(H,12,19)(H,17,18)/t8?,9-/m0/s1. The molecule has 108 valence electrons. The molecule has 2 heterocycles. The molecule has 0 aromatic carbocycles. The van der Waals surface area contributed by atoms with Gasteiger partial charge in [0, 0.05) is 39.1 Å². The van der Waals surface area contributed by atoms with Gasteiger partial charge in [0.25, 0.3) is 0 Å². The number of likely N-dealkylation sites (N-methyl/N-ethyl adjacent to an activating group) is 1. The number of carboxylic acids is 1. The predicted octanol–water partition coefficient (Wildman–Crippen LogP) is -1.62. The molecule has 1 unspecified atom stereocenters. The highest BCUT2D eigenvalue weighted by Crippen LogP contribution is 2.18. The second-order valence-corrected chi connectivity index (χ2v) is 5.10. The number of aliphatic hydroxyl groups is 1. The maximum atomic E-state index is 12.0. The number of carboxylic acid groups (broad SMARTS) is 1. The van der Waals surface area contributed by atoms with Crippen molar-refractivity contribution in [2.75, 3.05) is 39.8 Å². The molecule has 2 amide bonds. The monoisotopic (exact) mass is 272 g/mol. The summed E-state index contributed by atoms with van der Waals surface area (Å²) in [4.78, 5) is 26.4. The first-order valence-corrected chi connectivity index (χ1v) is 6.39. The van der Waals surface area contributed by atoms with Crippen LogP contribution in [-0.4, -0.2) is 88.9 Å². The van der Waals surface area contributed by atoms with E-state index in [0.717, 1.165) is 13.1 Å². The number of hydrogen-bond acceptors (Lipinski definition) is 5. The quantitative estimate of drug-likeness (QED) is 0.559. The number of hydrogen-bond donors (Lipinski definition) is 3. The molecule has 2 aliphatic heterocycles. The third kappa shape index (κ3) is 3.34. The third-order valence-corrected chi connectivity index (χ3v) is 3.58. The van der Waals surface area contributed by atoms with Gasteiger partial charge in [0.1, 0.15) is 6.04 Å². The van der Waals surface area contributed by atoms with Crippen LogP contribution in [-0.2, 0) is 4.79 Å². The molecule has 0 bridgehead atoms. The Hall–Kier alpha value is -1.38. The summed E-state index contributed by atoms with van der Waals surface area (Å²) < 4.78 is 0. The van der Waals surface area contributed by atoms with Crippen molar-refractivity contribution in [3.63, 3.8) is 0 Å². The average Bonchev–Trinajstić information content (AvgIpc) is 2.74. The zero-order valence-corrected chi connectivity index (χ0v) is 10.9. The second kappa shape index (κ2) is 5.72. The highest BCUT2D eigenvalue weighted by molar-refractivity contribution is 5.83. The smallest absolute Gasteiger partial charge is 0.332 e. The second-order valence-electron chi connectivity index (χ2n) is 5.10. The fraction of sp³-hybridized carbons (Fsp3) is 0.818. The van der Waals surface area contributed by atoms with Crippen LogP contribution in [0, 0.1) is 0 Å². The molecule has 0 radical (unpaired) electrons. The molecule has 0 aliphatic carbocycles. The topological polar surface area (TPSA) is 96.4 Å². The molecule has 2 fully saturated rings. The van der Waals surface area contributed by atoms with Crippen LogP contribution in [0.4, 0.5) is 4.79 Å². The Bertz CT molecular complexity index is 357. The predicted molar refractivity (Wildman–Crippen MR) is 66.4 cm³/mol. The van der Waals surface area contributed by atoms with E-state index in [1.165, 1.54) is 4.90 Å². The lowest BCUT2D eigenvalue weighted by molar-refractivity contribution is -0.141. The molecule has 0 saturated carbocycles. The van der Waals surface area contributed by atoms with E-state index in [9.17, 15) is 14.7 Å². The van der Waals surface area contributed by atoms with Gasteiger partial charge in [0.05, 0.1) is 6.10 Å². The van der Waals surface area contributed by atoms with Crippen LogP contribution in [0.1, 0.15) is 6.42 Å². The van der Waals surface area contributed by atoms with E-state index in [2.05, 4.69) is 10.3 Å². The summed E-state index contributed by atoms with van der Waals surface area (Å²) in [5.41, 5.74) is 2.71. The summed E-state index contributed by atoms with van der Waals surface area (Å²) in [6.07, 6.45) is -0.676. The molecule has 0 aromatic heterocycles. The van der Waals surface area contributed by atoms with Gasteiger partial charge in [-0.15, -0.1) is 0 Å². The number of nitrogens with zero attached hydrogens (tertiary/aromatic N) is 3. The van der Waals surface area contributed by atoms with E-state index in [-0.39, 0.29) is 13.0 Å². The Morgan fingerprint density at radius 3 is 2.42 bits per heavy atom. The highest BCUT2D eigenvalue weighted by Gasteiger charge is 2.39. The summed E-state index contributed by atoms with van der Waals surface area (Å²) in [6.45, 7) is 3.18. The molecular formula is C11H20N4O4. The van der Waals surface area contributed by atoms with Crippen LogP contribution >= 0.6 is 0 Å². The normalized spacial score (nSPS) is 29.5. The van der Waals surface area contributed by atoms with Crippen LogP contribution in [0.15, 0.2) is 0 Å². The first kappa shape index (κ1) is 14.0. The Morgan fingerprint density at radius 2 is 1.84 bits per heavy atom. The number of carbonyl (C=O) groups excluding carboxylic acids is 1. The van der Waals surface area contributed by atoms with E-state index < -0.39 is 24.1 Å². The number of aliphatic carboxylic acids is 1. The Balaban J connectivity index is 1.90. The molecule has 8 nitrogen and oxygen atoms in total. The summed E-state index contributed by atoms with van der Waals surface area (Å²) >= 11 is 0. The van der Waals surface area contributed by atoms with Crippen molar-refractivity contribution in [1.29, 1.82) is 0 Å². The molecule has 8 heteroatoms. The number of rotatable bonds is 2. The van der Waals surface area contributed by atoms with Crippen molar-refractivity contribution in [2.24, 2.45) is 0 Å². The van der Waals surface area contributed by atoms with Gasteiger partial charge in [-0.25, -0.2) is 14.6 Å². The number of urea groups is 1. The SMILES string of the molecule is CN1CCN(NC(=O)N2CC(O)C[C@H]2C(=O)O)CC1. The van der Waals surface area contributed by atoms with Crippen molar-refractivity contribution in [2.45, 2.75) is 18.6 Å². The van der Waals surface area contributed by atoms with E-state index in [1.54, 1.807) is 5.01 Å². The Labute approximate surface area is 111 Å². The van der Waals surface area contributed by atoms with E-state index in [1.807, 2.05) is 7.05 Å². The van der Waals surface area contributed by atoms with Gasteiger partial charge in [-0.3, -0.25) is 5.43 Å². The van der Waals surface area contributed by atoms with Gasteiger partial charge in [-0.1, -0.05) is 0 Å². The van der Waals surface area contributed by atoms with Gasteiger partial charge in [-0.05, 0) is 7.05 Å². The average molecular weight is 272 g/mol. The number of piperazine rings is 1. The van der Waals surface area contributed by atoms with Crippen molar-refractivity contribution in [3.05, 3.63) is 0 Å². The van der Waals surface area contributed by atoms with Gasteiger partial charge < -0.3 is 20.0 Å². The fourth-order valence-electron chi connectivity index (χ4n) is 2.39. The van der Waals surface area contributed by atoms with Crippen molar-refractivity contribution >= 4 is 12.0 Å². The lowest BCUT2D eigenvalue weighted by Gasteiger charge is -2.34. The summed E-state index contributed by atoms with van der Waals surface area (Å²) in [7, 11) is 2.01. The fourth-order valence-corrected chi connectivity index (χ4v) is 2.39. The van der Waals surface area contributed by atoms with Crippen molar-refractivity contribution < 1.29 is 19.8 Å². The minimum absolute atomic E-state index is 0.0660. The van der Waals surface area contributed by atoms with Gasteiger partial charge >= 0.3 is 12.0 Å². The summed E-state index contributed by atoms with van der Waals surface area (Å²) in [5, 5.41) is 20.3. The molecule has 0 aromatic rings. The molecular weight excluding hydrogens is 252 g/mol. The van der Waals surface area contributed by atoms with Gasteiger partial charge in [-0.2, -0.15) is 0 Å². The number of amides is 2. The van der Waals surface area contributed by atoms with Crippen molar-refractivity contribution in [3.8, 4) is 0 Å². The summed E-state index contributed by atoms with van der Waals surface area (Å²) in [6, 6.07) is -1.39. The molecule has 3 N–H and O–H groups in total. The Kier molecular flexibility index (Phi) is 4.23. The number of hydrazine groups is 1. The maximum Gasteiger partial charge on any atom is 0.332 e. The first-order valence-electron chi connectivity index (χ1n) is 6.39. The number of carbonyl (C=O) groups is 2. The molecule has 2 rings (SSSR count). The zero-order valence-electron chi connectivity index (χ0n) is 10.9. The van der Waals surface area contributed by atoms with Crippen LogP contribution in [0.25, 0.3) is 0 Å². The number of β-amino-alcohol motifs (C(OH)–C–C–N with tert-alkyl or cyclic N) is 1. The van der Waals surface area contributed by atoms with Gasteiger partial charge in [0.15, 0.2) is 0 Å². The number of likely N-dealkylation sites (tertiary alicyclic amines) is 1. The van der Waals surface area contributed by atoms with Gasteiger partial charge in [0.2, 0.25) is 0 Å². The highest BCUT2D eigenvalue weighted by atomic mass is 16.4.